The second kappa shape index (κ2) is 5.18. The number of hydrogen-bond donors (Lipinski definition) is 2. The average Bonchev–Trinajstić information content (AvgIpc) is 2.14. The SMILES string of the molecule is CC1CC(NC(=O)N(C)CC(C)C(=O)O)C1. The van der Waals surface area contributed by atoms with Crippen molar-refractivity contribution >= 4 is 12.0 Å². The number of rotatable bonds is 4. The van der Waals surface area contributed by atoms with Crippen LogP contribution in [0.4, 0.5) is 4.79 Å². The van der Waals surface area contributed by atoms with Crippen molar-refractivity contribution in [1.29, 1.82) is 0 Å². The smallest absolute Gasteiger partial charge is 0.317 e. The summed E-state index contributed by atoms with van der Waals surface area (Å²) in [6.07, 6.45) is 2.04. The van der Waals surface area contributed by atoms with Crippen LogP contribution in [0, 0.1) is 11.8 Å². The molecule has 0 aliphatic heterocycles. The van der Waals surface area contributed by atoms with Crippen molar-refractivity contribution in [3.8, 4) is 0 Å². The van der Waals surface area contributed by atoms with E-state index in [1.54, 1.807) is 14.0 Å². The van der Waals surface area contributed by atoms with Gasteiger partial charge >= 0.3 is 12.0 Å². The molecule has 5 nitrogen and oxygen atoms in total. The van der Waals surface area contributed by atoms with Gasteiger partial charge in [0.15, 0.2) is 0 Å². The third-order valence-corrected chi connectivity index (χ3v) is 3.02. The first-order valence-electron chi connectivity index (χ1n) is 5.64. The topological polar surface area (TPSA) is 69.6 Å². The van der Waals surface area contributed by atoms with E-state index in [1.807, 2.05) is 0 Å². The molecule has 2 N–H and O–H groups in total. The first kappa shape index (κ1) is 12.8. The molecule has 0 radical (unpaired) electrons. The van der Waals surface area contributed by atoms with Gasteiger partial charge in [0.1, 0.15) is 0 Å². The molecular formula is C11H20N2O3. The minimum absolute atomic E-state index is 0.176. The Bertz CT molecular complexity index is 274. The highest BCUT2D eigenvalue weighted by atomic mass is 16.4. The van der Waals surface area contributed by atoms with Gasteiger partial charge in [0.25, 0.3) is 0 Å². The van der Waals surface area contributed by atoms with Crippen molar-refractivity contribution in [3.63, 3.8) is 0 Å². The molecule has 0 aromatic heterocycles. The molecule has 1 aliphatic carbocycles. The standard InChI is InChI=1S/C11H20N2O3/c1-7-4-9(5-7)12-11(16)13(3)6-8(2)10(14)15/h7-9H,4-6H2,1-3H3,(H,12,16)(H,14,15). The first-order valence-corrected chi connectivity index (χ1v) is 5.64. The fraction of sp³-hybridized carbons (Fsp3) is 0.818. The van der Waals surface area contributed by atoms with Crippen molar-refractivity contribution in [2.45, 2.75) is 32.7 Å². The Morgan fingerprint density at radius 1 is 1.50 bits per heavy atom. The summed E-state index contributed by atoms with van der Waals surface area (Å²) < 4.78 is 0. The molecule has 92 valence electrons. The van der Waals surface area contributed by atoms with Crippen LogP contribution in [0.1, 0.15) is 26.7 Å². The van der Waals surface area contributed by atoms with Crippen LogP contribution >= 0.6 is 0 Å². The van der Waals surface area contributed by atoms with E-state index >= 15 is 0 Å². The zero-order chi connectivity index (χ0) is 12.3. The number of urea groups is 1. The summed E-state index contributed by atoms with van der Waals surface area (Å²) in [6.45, 7) is 3.99. The van der Waals surface area contributed by atoms with Gasteiger partial charge in [-0.25, -0.2) is 4.79 Å². The highest BCUT2D eigenvalue weighted by molar-refractivity contribution is 5.76. The molecule has 0 aromatic rings. The zero-order valence-electron chi connectivity index (χ0n) is 10.1. The van der Waals surface area contributed by atoms with E-state index in [4.69, 9.17) is 5.11 Å². The second-order valence-electron chi connectivity index (χ2n) is 4.84. The van der Waals surface area contributed by atoms with Gasteiger partial charge in [0.2, 0.25) is 0 Å². The number of nitrogens with one attached hydrogen (secondary N) is 1. The molecule has 5 heteroatoms. The summed E-state index contributed by atoms with van der Waals surface area (Å²) in [5.74, 6) is -0.721. The summed E-state index contributed by atoms with van der Waals surface area (Å²) in [7, 11) is 1.62. The van der Waals surface area contributed by atoms with E-state index in [1.165, 1.54) is 4.90 Å². The highest BCUT2D eigenvalue weighted by Crippen LogP contribution is 2.26. The van der Waals surface area contributed by atoms with Crippen LogP contribution in [0.2, 0.25) is 0 Å². The molecule has 0 spiro atoms. The number of carboxylic acid groups (broad SMARTS) is 1. The fourth-order valence-corrected chi connectivity index (χ4v) is 1.88. The lowest BCUT2D eigenvalue weighted by molar-refractivity contribution is -0.141. The van der Waals surface area contributed by atoms with Gasteiger partial charge in [-0.15, -0.1) is 0 Å². The van der Waals surface area contributed by atoms with E-state index in [9.17, 15) is 9.59 Å². The third-order valence-electron chi connectivity index (χ3n) is 3.02. The molecule has 0 bridgehead atoms. The number of nitrogens with zero attached hydrogens (tertiary/aromatic N) is 1. The molecule has 1 unspecified atom stereocenters. The maximum absolute atomic E-state index is 11.6. The molecule has 2 amide bonds. The van der Waals surface area contributed by atoms with Crippen LogP contribution in [0.15, 0.2) is 0 Å². The summed E-state index contributed by atoms with van der Waals surface area (Å²) in [6, 6.07) is 0.0927. The molecule has 1 saturated carbocycles. The number of carbonyl (C=O) groups is 2. The van der Waals surface area contributed by atoms with Crippen molar-refractivity contribution in [1.82, 2.24) is 10.2 Å². The normalized spacial score (nSPS) is 25.4. The zero-order valence-corrected chi connectivity index (χ0v) is 10.1. The van der Waals surface area contributed by atoms with Crippen LogP contribution in [-0.2, 0) is 4.79 Å². The Kier molecular flexibility index (Phi) is 4.15. The Morgan fingerprint density at radius 3 is 2.50 bits per heavy atom. The fourth-order valence-electron chi connectivity index (χ4n) is 1.88. The number of carboxylic acids is 1. The molecule has 1 rings (SSSR count). The van der Waals surface area contributed by atoms with Crippen molar-refractivity contribution in [2.75, 3.05) is 13.6 Å². The van der Waals surface area contributed by atoms with Gasteiger partial charge in [0.05, 0.1) is 5.92 Å². The van der Waals surface area contributed by atoms with E-state index in [0.29, 0.717) is 5.92 Å². The van der Waals surface area contributed by atoms with Crippen LogP contribution < -0.4 is 5.32 Å². The Hall–Kier alpha value is -1.26. The van der Waals surface area contributed by atoms with Crippen LogP contribution in [0.3, 0.4) is 0 Å². The Balaban J connectivity index is 2.28. The molecule has 16 heavy (non-hydrogen) atoms. The van der Waals surface area contributed by atoms with Gasteiger partial charge in [-0.05, 0) is 18.8 Å². The minimum Gasteiger partial charge on any atom is -0.481 e. The summed E-state index contributed by atoms with van der Waals surface area (Å²) >= 11 is 0. The monoisotopic (exact) mass is 228 g/mol. The van der Waals surface area contributed by atoms with E-state index in [0.717, 1.165) is 12.8 Å². The predicted octanol–water partition coefficient (Wildman–Crippen LogP) is 1.15. The Morgan fingerprint density at radius 2 is 2.06 bits per heavy atom. The van der Waals surface area contributed by atoms with Gasteiger partial charge in [-0.3, -0.25) is 4.79 Å². The lowest BCUT2D eigenvalue weighted by Gasteiger charge is -2.34. The van der Waals surface area contributed by atoms with Crippen LogP contribution in [0.5, 0.6) is 0 Å². The maximum Gasteiger partial charge on any atom is 0.317 e. The van der Waals surface area contributed by atoms with Crippen LogP contribution in [0.25, 0.3) is 0 Å². The highest BCUT2D eigenvalue weighted by Gasteiger charge is 2.28. The van der Waals surface area contributed by atoms with E-state index in [2.05, 4.69) is 12.2 Å². The van der Waals surface area contributed by atoms with Gasteiger partial charge in [-0.1, -0.05) is 13.8 Å². The Labute approximate surface area is 95.8 Å². The van der Waals surface area contributed by atoms with Crippen molar-refractivity contribution in [3.05, 3.63) is 0 Å². The maximum atomic E-state index is 11.6. The number of carbonyl (C=O) groups excluding carboxylic acids is 1. The summed E-state index contributed by atoms with van der Waals surface area (Å²) in [5, 5.41) is 11.6. The number of amides is 2. The summed E-state index contributed by atoms with van der Waals surface area (Å²) in [4.78, 5) is 23.7. The first-order chi connectivity index (χ1) is 7.40. The predicted molar refractivity (Wildman–Crippen MR) is 60.1 cm³/mol. The molecule has 1 fully saturated rings. The lowest BCUT2D eigenvalue weighted by atomic mass is 9.82. The van der Waals surface area contributed by atoms with Gasteiger partial charge < -0.3 is 15.3 Å². The molecule has 0 heterocycles. The molecular weight excluding hydrogens is 208 g/mol. The minimum atomic E-state index is -0.878. The molecule has 0 saturated heterocycles. The quantitative estimate of drug-likeness (QED) is 0.758. The lowest BCUT2D eigenvalue weighted by Crippen LogP contribution is -2.49. The largest absolute Gasteiger partial charge is 0.481 e. The molecule has 1 atom stereocenters. The third kappa shape index (κ3) is 3.40. The van der Waals surface area contributed by atoms with E-state index in [-0.39, 0.29) is 18.6 Å². The van der Waals surface area contributed by atoms with Crippen LogP contribution in [-0.4, -0.2) is 41.6 Å². The van der Waals surface area contributed by atoms with Gasteiger partial charge in [0, 0.05) is 19.6 Å². The second-order valence-corrected chi connectivity index (χ2v) is 4.84. The molecule has 0 aromatic carbocycles. The summed E-state index contributed by atoms with van der Waals surface area (Å²) in [5.41, 5.74) is 0. The van der Waals surface area contributed by atoms with Crippen molar-refractivity contribution in [2.24, 2.45) is 11.8 Å². The van der Waals surface area contributed by atoms with Gasteiger partial charge in [-0.2, -0.15) is 0 Å². The number of aliphatic carboxylic acids is 1. The molecule has 1 aliphatic rings. The van der Waals surface area contributed by atoms with E-state index < -0.39 is 11.9 Å². The van der Waals surface area contributed by atoms with Crippen molar-refractivity contribution < 1.29 is 14.7 Å². The average molecular weight is 228 g/mol. The number of hydrogen-bond acceptors (Lipinski definition) is 2.